The Morgan fingerprint density at radius 2 is 1.75 bits per heavy atom. The van der Waals surface area contributed by atoms with Gasteiger partial charge in [-0.05, 0) is 34.5 Å². The van der Waals surface area contributed by atoms with Crippen LogP contribution in [0.2, 0.25) is 0 Å². The zero-order valence-corrected chi connectivity index (χ0v) is 19.3. The monoisotopic (exact) mass is 447 g/mol. The van der Waals surface area contributed by atoms with Crippen LogP contribution in [0.5, 0.6) is 0 Å². The van der Waals surface area contributed by atoms with Crippen molar-refractivity contribution in [2.24, 2.45) is 0 Å². The van der Waals surface area contributed by atoms with E-state index in [4.69, 9.17) is 4.98 Å². The molecule has 0 bridgehead atoms. The molecular formula is C24H29N7S. The number of nitrogens with zero attached hydrogens (tertiary/aromatic N) is 7. The smallest absolute Gasteiger partial charge is 0.186 e. The van der Waals surface area contributed by atoms with Crippen LogP contribution in [0.25, 0.3) is 10.2 Å². The summed E-state index contributed by atoms with van der Waals surface area (Å²) in [6.07, 6.45) is 3.41. The summed E-state index contributed by atoms with van der Waals surface area (Å²) in [5.74, 6) is 0.982. The number of hydrogen-bond acceptors (Lipinski definition) is 7. The molecule has 2 aromatic carbocycles. The fourth-order valence-corrected chi connectivity index (χ4v) is 5.43. The molecule has 32 heavy (non-hydrogen) atoms. The summed E-state index contributed by atoms with van der Waals surface area (Å²) >= 11 is 1.79. The molecule has 0 N–H and O–H groups in total. The first-order chi connectivity index (χ1) is 15.8. The van der Waals surface area contributed by atoms with Gasteiger partial charge in [0.2, 0.25) is 0 Å². The zero-order valence-electron chi connectivity index (χ0n) is 18.5. The molecule has 8 heteroatoms. The van der Waals surface area contributed by atoms with E-state index in [0.717, 1.165) is 49.1 Å². The van der Waals surface area contributed by atoms with Crippen molar-refractivity contribution in [3.63, 3.8) is 0 Å². The van der Waals surface area contributed by atoms with Crippen molar-refractivity contribution < 1.29 is 0 Å². The maximum absolute atomic E-state index is 4.86. The number of fused-ring (bicyclic) bond motifs is 1. The fourth-order valence-electron chi connectivity index (χ4n) is 4.41. The molecule has 0 spiro atoms. The van der Waals surface area contributed by atoms with E-state index in [1.807, 2.05) is 10.7 Å². The van der Waals surface area contributed by atoms with Crippen LogP contribution in [0.15, 0.2) is 54.6 Å². The summed E-state index contributed by atoms with van der Waals surface area (Å²) in [4.78, 5) is 9.84. The van der Waals surface area contributed by atoms with E-state index in [2.05, 4.69) is 80.8 Å². The Morgan fingerprint density at radius 1 is 0.969 bits per heavy atom. The van der Waals surface area contributed by atoms with Crippen molar-refractivity contribution in [3.8, 4) is 0 Å². The number of thiazole rings is 1. The topological polar surface area (TPSA) is 63.0 Å². The van der Waals surface area contributed by atoms with Gasteiger partial charge in [0.05, 0.1) is 22.8 Å². The van der Waals surface area contributed by atoms with Gasteiger partial charge in [-0.25, -0.2) is 9.67 Å². The van der Waals surface area contributed by atoms with Gasteiger partial charge in [-0.1, -0.05) is 73.6 Å². The third-order valence-corrected chi connectivity index (χ3v) is 7.27. The Bertz CT molecular complexity index is 1100. The predicted molar refractivity (Wildman–Crippen MR) is 129 cm³/mol. The van der Waals surface area contributed by atoms with Gasteiger partial charge in [0.1, 0.15) is 0 Å². The van der Waals surface area contributed by atoms with Gasteiger partial charge < -0.3 is 4.90 Å². The Hall–Kier alpha value is -2.84. The third-order valence-electron chi connectivity index (χ3n) is 6.17. The first kappa shape index (κ1) is 21.0. The molecule has 1 fully saturated rings. The number of tetrazole rings is 1. The molecule has 3 heterocycles. The van der Waals surface area contributed by atoms with E-state index in [-0.39, 0.29) is 6.04 Å². The fraction of sp³-hybridized carbons (Fsp3) is 0.417. The number of aromatic nitrogens is 5. The lowest BCUT2D eigenvalue weighted by Gasteiger charge is -2.38. The number of rotatable bonds is 8. The van der Waals surface area contributed by atoms with Crippen molar-refractivity contribution in [1.82, 2.24) is 30.1 Å². The number of benzene rings is 2. The van der Waals surface area contributed by atoms with Crippen molar-refractivity contribution in [2.45, 2.75) is 38.8 Å². The van der Waals surface area contributed by atoms with Gasteiger partial charge in [-0.3, -0.25) is 4.90 Å². The first-order valence-corrected chi connectivity index (χ1v) is 12.3. The second-order valence-electron chi connectivity index (χ2n) is 8.33. The molecule has 166 valence electrons. The van der Waals surface area contributed by atoms with Gasteiger partial charge in [0.15, 0.2) is 11.0 Å². The van der Waals surface area contributed by atoms with Gasteiger partial charge in [-0.2, -0.15) is 0 Å². The molecule has 0 radical (unpaired) electrons. The van der Waals surface area contributed by atoms with E-state index in [1.54, 1.807) is 11.3 Å². The lowest BCUT2D eigenvalue weighted by Crippen LogP contribution is -2.48. The Balaban J connectivity index is 1.31. The second kappa shape index (κ2) is 9.75. The predicted octanol–water partition coefficient (Wildman–Crippen LogP) is 4.38. The van der Waals surface area contributed by atoms with Gasteiger partial charge in [-0.15, -0.1) is 5.10 Å². The molecule has 0 aliphatic carbocycles. The molecule has 1 saturated heterocycles. The molecule has 0 saturated carbocycles. The normalized spacial score (nSPS) is 16.0. The SMILES string of the molecule is CCCC[C@@H](c1nnnn1Cc1ccccc1)N1CCN(c2nc3ccccc3s2)CC1. The maximum Gasteiger partial charge on any atom is 0.186 e. The number of hydrogen-bond donors (Lipinski definition) is 0. The van der Waals surface area contributed by atoms with Crippen LogP contribution in [0, 0.1) is 0 Å². The van der Waals surface area contributed by atoms with E-state index in [9.17, 15) is 0 Å². The average molecular weight is 448 g/mol. The summed E-state index contributed by atoms with van der Waals surface area (Å²) in [7, 11) is 0. The lowest BCUT2D eigenvalue weighted by molar-refractivity contribution is 0.163. The highest BCUT2D eigenvalue weighted by molar-refractivity contribution is 7.22. The van der Waals surface area contributed by atoms with Crippen molar-refractivity contribution in [3.05, 3.63) is 66.0 Å². The molecule has 1 aliphatic heterocycles. The molecule has 4 aromatic rings. The van der Waals surface area contributed by atoms with Crippen molar-refractivity contribution >= 4 is 26.7 Å². The second-order valence-corrected chi connectivity index (χ2v) is 9.33. The van der Waals surface area contributed by atoms with E-state index >= 15 is 0 Å². The van der Waals surface area contributed by atoms with E-state index in [0.29, 0.717) is 6.54 Å². The van der Waals surface area contributed by atoms with Crippen LogP contribution in [0.3, 0.4) is 0 Å². The summed E-state index contributed by atoms with van der Waals surface area (Å²) in [5.41, 5.74) is 2.31. The highest BCUT2D eigenvalue weighted by Gasteiger charge is 2.29. The summed E-state index contributed by atoms with van der Waals surface area (Å²) in [6.45, 7) is 6.88. The molecule has 0 amide bonds. The molecule has 0 unspecified atom stereocenters. The number of unbranched alkanes of at least 4 members (excludes halogenated alkanes) is 1. The Morgan fingerprint density at radius 3 is 2.53 bits per heavy atom. The number of anilines is 1. The molecule has 1 aliphatic rings. The van der Waals surface area contributed by atoms with Crippen LogP contribution in [-0.2, 0) is 6.54 Å². The minimum atomic E-state index is 0.242. The van der Waals surface area contributed by atoms with E-state index < -0.39 is 0 Å². The van der Waals surface area contributed by atoms with Gasteiger partial charge in [0, 0.05) is 26.2 Å². The standard InChI is InChI=1S/C24H29N7S/c1-2-3-12-21(23-26-27-28-31(23)18-19-9-5-4-6-10-19)29-14-16-30(17-15-29)24-25-20-11-7-8-13-22(20)32-24/h4-11,13,21H,2-3,12,14-18H2,1H3/t21-/m0/s1. The van der Waals surface area contributed by atoms with Gasteiger partial charge in [0.25, 0.3) is 0 Å². The summed E-state index contributed by atoms with van der Waals surface area (Å²) in [6, 6.07) is 19.1. The lowest BCUT2D eigenvalue weighted by atomic mass is 10.1. The minimum Gasteiger partial charge on any atom is -0.345 e. The first-order valence-electron chi connectivity index (χ1n) is 11.5. The highest BCUT2D eigenvalue weighted by Crippen LogP contribution is 2.31. The summed E-state index contributed by atoms with van der Waals surface area (Å²) < 4.78 is 3.24. The average Bonchev–Trinajstić information content (AvgIpc) is 3.48. The van der Waals surface area contributed by atoms with Crippen LogP contribution < -0.4 is 4.90 Å². The largest absolute Gasteiger partial charge is 0.345 e. The third kappa shape index (κ3) is 4.52. The van der Waals surface area contributed by atoms with Crippen LogP contribution in [0.1, 0.15) is 43.6 Å². The molecule has 5 rings (SSSR count). The highest BCUT2D eigenvalue weighted by atomic mass is 32.1. The van der Waals surface area contributed by atoms with Crippen LogP contribution in [-0.4, -0.2) is 56.3 Å². The summed E-state index contributed by atoms with van der Waals surface area (Å²) in [5, 5.41) is 14.0. The van der Waals surface area contributed by atoms with Crippen molar-refractivity contribution in [1.29, 1.82) is 0 Å². The van der Waals surface area contributed by atoms with Crippen LogP contribution >= 0.6 is 11.3 Å². The van der Waals surface area contributed by atoms with E-state index in [1.165, 1.54) is 23.1 Å². The van der Waals surface area contributed by atoms with Crippen molar-refractivity contribution in [2.75, 3.05) is 31.1 Å². The van der Waals surface area contributed by atoms with Crippen LogP contribution in [0.4, 0.5) is 5.13 Å². The minimum absolute atomic E-state index is 0.242. The van der Waals surface area contributed by atoms with Gasteiger partial charge >= 0.3 is 0 Å². The Kier molecular flexibility index (Phi) is 6.41. The number of piperazine rings is 1. The quantitative estimate of drug-likeness (QED) is 0.399. The zero-order chi connectivity index (χ0) is 21.8. The number of para-hydroxylation sites is 1. The molecule has 7 nitrogen and oxygen atoms in total. The Labute approximate surface area is 192 Å². The molecule has 1 atom stereocenters. The maximum atomic E-state index is 4.86. The molecule has 2 aromatic heterocycles. The molecular weight excluding hydrogens is 418 g/mol.